The number of hydrogen-bond donors (Lipinski definition) is 1. The van der Waals surface area contributed by atoms with Gasteiger partial charge >= 0.3 is 0 Å². The van der Waals surface area contributed by atoms with Crippen LogP contribution in [0.1, 0.15) is 38.1 Å². The number of hydrogen-bond acceptors (Lipinski definition) is 3. The van der Waals surface area contributed by atoms with Crippen molar-refractivity contribution in [2.75, 3.05) is 20.3 Å². The Balaban J connectivity index is 1.96. The van der Waals surface area contributed by atoms with E-state index < -0.39 is 0 Å². The second kappa shape index (κ2) is 6.58. The number of methoxy groups -OCH3 is 1. The van der Waals surface area contributed by atoms with Gasteiger partial charge in [-0.1, -0.05) is 25.5 Å². The minimum Gasteiger partial charge on any atom is -0.383 e. The van der Waals surface area contributed by atoms with Gasteiger partial charge in [-0.15, -0.1) is 0 Å². The van der Waals surface area contributed by atoms with Gasteiger partial charge in [-0.05, 0) is 37.4 Å². The summed E-state index contributed by atoms with van der Waals surface area (Å²) in [6, 6.07) is 8.76. The second-order valence-corrected chi connectivity index (χ2v) is 5.91. The Hall–Kier alpha value is -1.39. The lowest BCUT2D eigenvalue weighted by atomic mass is 9.90. The third kappa shape index (κ3) is 2.97. The number of para-hydroxylation sites is 2. The summed E-state index contributed by atoms with van der Waals surface area (Å²) in [7, 11) is 1.75. The van der Waals surface area contributed by atoms with E-state index in [0.717, 1.165) is 31.1 Å². The molecule has 21 heavy (non-hydrogen) atoms. The number of fused-ring (bicyclic) bond motifs is 1. The van der Waals surface area contributed by atoms with Crippen LogP contribution >= 0.6 is 0 Å². The van der Waals surface area contributed by atoms with Crippen LogP contribution in [0.5, 0.6) is 0 Å². The van der Waals surface area contributed by atoms with Crippen molar-refractivity contribution < 1.29 is 4.74 Å². The number of imidazole rings is 1. The zero-order valence-corrected chi connectivity index (χ0v) is 13.0. The molecule has 2 heterocycles. The van der Waals surface area contributed by atoms with E-state index in [9.17, 15) is 0 Å². The summed E-state index contributed by atoms with van der Waals surface area (Å²) in [5, 5.41) is 3.65. The number of rotatable bonds is 5. The summed E-state index contributed by atoms with van der Waals surface area (Å²) in [5.74, 6) is 1.98. The van der Waals surface area contributed by atoms with Crippen LogP contribution in [0.4, 0.5) is 0 Å². The van der Waals surface area contributed by atoms with Gasteiger partial charge in [0.1, 0.15) is 5.82 Å². The quantitative estimate of drug-likeness (QED) is 0.918. The van der Waals surface area contributed by atoms with Gasteiger partial charge in [-0.25, -0.2) is 4.98 Å². The Labute approximate surface area is 126 Å². The lowest BCUT2D eigenvalue weighted by Crippen LogP contribution is -2.33. The van der Waals surface area contributed by atoms with Gasteiger partial charge in [0.25, 0.3) is 0 Å². The van der Waals surface area contributed by atoms with E-state index in [1.54, 1.807) is 7.11 Å². The lowest BCUT2D eigenvalue weighted by Gasteiger charge is -2.29. The topological polar surface area (TPSA) is 39.1 Å². The van der Waals surface area contributed by atoms with Gasteiger partial charge < -0.3 is 14.6 Å². The molecule has 0 aliphatic carbocycles. The third-order valence-corrected chi connectivity index (χ3v) is 4.60. The first kappa shape index (κ1) is 14.5. The van der Waals surface area contributed by atoms with E-state index in [1.165, 1.54) is 30.6 Å². The van der Waals surface area contributed by atoms with Crippen LogP contribution in [0.2, 0.25) is 0 Å². The molecule has 1 fully saturated rings. The van der Waals surface area contributed by atoms with Crippen LogP contribution in [-0.2, 0) is 11.3 Å². The zero-order chi connectivity index (χ0) is 14.7. The van der Waals surface area contributed by atoms with Crippen molar-refractivity contribution in [1.82, 2.24) is 14.9 Å². The summed E-state index contributed by atoms with van der Waals surface area (Å²) in [4.78, 5) is 4.90. The maximum Gasteiger partial charge on any atom is 0.127 e. The van der Waals surface area contributed by atoms with Crippen molar-refractivity contribution in [3.63, 3.8) is 0 Å². The summed E-state index contributed by atoms with van der Waals surface area (Å²) in [6.07, 6.45) is 3.73. The minimum absolute atomic E-state index is 0.368. The summed E-state index contributed by atoms with van der Waals surface area (Å²) < 4.78 is 7.61. The predicted molar refractivity (Wildman–Crippen MR) is 85.4 cm³/mol. The molecule has 0 spiro atoms. The van der Waals surface area contributed by atoms with Crippen LogP contribution in [0.25, 0.3) is 11.0 Å². The van der Waals surface area contributed by atoms with Crippen LogP contribution < -0.4 is 5.32 Å². The minimum atomic E-state index is 0.368. The maximum atomic E-state index is 5.28. The fourth-order valence-electron chi connectivity index (χ4n) is 3.34. The molecule has 1 saturated heterocycles. The second-order valence-electron chi connectivity index (χ2n) is 5.91. The molecule has 4 heteroatoms. The summed E-state index contributed by atoms with van der Waals surface area (Å²) in [6.45, 7) is 4.97. The van der Waals surface area contributed by atoms with E-state index >= 15 is 0 Å². The molecule has 2 atom stereocenters. The fraction of sp³-hybridized carbons (Fsp3) is 0.588. The lowest BCUT2D eigenvalue weighted by molar-refractivity contribution is 0.185. The Morgan fingerprint density at radius 3 is 3.05 bits per heavy atom. The summed E-state index contributed by atoms with van der Waals surface area (Å²) in [5.41, 5.74) is 2.30. The van der Waals surface area contributed by atoms with E-state index in [-0.39, 0.29) is 0 Å². The monoisotopic (exact) mass is 287 g/mol. The molecule has 0 amide bonds. The first-order valence-corrected chi connectivity index (χ1v) is 8.01. The number of aromatic nitrogens is 2. The molecular weight excluding hydrogens is 262 g/mol. The van der Waals surface area contributed by atoms with Crippen molar-refractivity contribution in [2.24, 2.45) is 5.92 Å². The molecule has 2 aromatic rings. The van der Waals surface area contributed by atoms with Crippen LogP contribution in [0.15, 0.2) is 24.3 Å². The molecule has 3 rings (SSSR count). The number of nitrogens with zero attached hydrogens (tertiary/aromatic N) is 2. The van der Waals surface area contributed by atoms with E-state index in [4.69, 9.17) is 9.72 Å². The number of piperidine rings is 1. The van der Waals surface area contributed by atoms with Gasteiger partial charge in [0.2, 0.25) is 0 Å². The molecule has 2 unspecified atom stereocenters. The highest BCUT2D eigenvalue weighted by Crippen LogP contribution is 2.30. The highest BCUT2D eigenvalue weighted by atomic mass is 16.5. The first-order valence-electron chi connectivity index (χ1n) is 8.01. The van der Waals surface area contributed by atoms with Gasteiger partial charge in [0.05, 0.1) is 23.7 Å². The zero-order valence-electron chi connectivity index (χ0n) is 13.0. The molecule has 1 aliphatic heterocycles. The SMILES string of the molecule is CCC1CCNC(c2nc3ccccc3n2CCOC)C1. The van der Waals surface area contributed by atoms with Crippen LogP contribution in [0.3, 0.4) is 0 Å². The normalized spacial score (nSPS) is 22.8. The Kier molecular flexibility index (Phi) is 4.56. The van der Waals surface area contributed by atoms with E-state index in [0.29, 0.717) is 6.04 Å². The van der Waals surface area contributed by atoms with Gasteiger partial charge in [0.15, 0.2) is 0 Å². The Morgan fingerprint density at radius 2 is 2.24 bits per heavy atom. The molecule has 114 valence electrons. The molecule has 1 aromatic carbocycles. The molecule has 0 bridgehead atoms. The standard InChI is InChI=1S/C17H25N3O/c1-3-13-8-9-18-15(12-13)17-19-14-6-4-5-7-16(14)20(17)10-11-21-2/h4-7,13,15,18H,3,8-12H2,1-2H3. The first-order chi connectivity index (χ1) is 10.3. The molecule has 1 aromatic heterocycles. The maximum absolute atomic E-state index is 5.28. The van der Waals surface area contributed by atoms with Gasteiger partial charge in [0, 0.05) is 13.7 Å². The molecular formula is C17H25N3O. The Bertz CT molecular complexity index is 593. The third-order valence-electron chi connectivity index (χ3n) is 4.60. The smallest absolute Gasteiger partial charge is 0.127 e. The van der Waals surface area contributed by atoms with Crippen molar-refractivity contribution in [2.45, 2.75) is 38.8 Å². The largest absolute Gasteiger partial charge is 0.383 e. The van der Waals surface area contributed by atoms with E-state index in [1.807, 2.05) is 0 Å². The number of nitrogens with one attached hydrogen (secondary N) is 1. The van der Waals surface area contributed by atoms with Gasteiger partial charge in [-0.3, -0.25) is 0 Å². The van der Waals surface area contributed by atoms with E-state index in [2.05, 4.69) is 41.1 Å². The fourth-order valence-corrected chi connectivity index (χ4v) is 3.34. The van der Waals surface area contributed by atoms with Crippen molar-refractivity contribution in [3.05, 3.63) is 30.1 Å². The van der Waals surface area contributed by atoms with Crippen LogP contribution in [0, 0.1) is 5.92 Å². The van der Waals surface area contributed by atoms with Crippen molar-refractivity contribution in [1.29, 1.82) is 0 Å². The van der Waals surface area contributed by atoms with Crippen molar-refractivity contribution >= 4 is 11.0 Å². The molecule has 1 aliphatic rings. The average Bonchev–Trinajstić information content (AvgIpc) is 2.91. The molecule has 0 radical (unpaired) electrons. The average molecular weight is 287 g/mol. The van der Waals surface area contributed by atoms with Crippen molar-refractivity contribution in [3.8, 4) is 0 Å². The van der Waals surface area contributed by atoms with Crippen LogP contribution in [-0.4, -0.2) is 29.8 Å². The molecule has 1 N–H and O–H groups in total. The molecule has 0 saturated carbocycles. The summed E-state index contributed by atoms with van der Waals surface area (Å²) >= 11 is 0. The highest BCUT2D eigenvalue weighted by molar-refractivity contribution is 5.76. The number of benzene rings is 1. The predicted octanol–water partition coefficient (Wildman–Crippen LogP) is 3.13. The molecule has 4 nitrogen and oxygen atoms in total. The highest BCUT2D eigenvalue weighted by Gasteiger charge is 2.26. The Morgan fingerprint density at radius 1 is 1.38 bits per heavy atom. The number of ether oxygens (including phenoxy) is 1. The van der Waals surface area contributed by atoms with Gasteiger partial charge in [-0.2, -0.15) is 0 Å².